The average Bonchev–Trinajstić information content (AvgIpc) is 3.14. The summed E-state index contributed by atoms with van der Waals surface area (Å²) in [5.41, 5.74) is 0. The molecule has 0 aliphatic rings. The van der Waals surface area contributed by atoms with E-state index < -0.39 is 0 Å². The third-order valence-electron chi connectivity index (χ3n) is 4.25. The molecule has 0 atom stereocenters. The van der Waals surface area contributed by atoms with Crippen LogP contribution in [-0.4, -0.2) is 24.2 Å². The lowest BCUT2D eigenvalue weighted by molar-refractivity contribution is 0.0920. The topological polar surface area (TPSA) is 9.23 Å². The van der Waals surface area contributed by atoms with Crippen LogP contribution in [0.15, 0.2) is 17.5 Å². The van der Waals surface area contributed by atoms with Crippen molar-refractivity contribution in [3.63, 3.8) is 0 Å². The second kappa shape index (κ2) is 18.0. The van der Waals surface area contributed by atoms with Crippen LogP contribution < -0.4 is 0 Å². The quantitative estimate of drug-likeness (QED) is 0.211. The maximum absolute atomic E-state index is 5.55. The van der Waals surface area contributed by atoms with Crippen LogP contribution in [0.25, 0.3) is 0 Å². The highest BCUT2D eigenvalue weighted by atomic mass is 32.2. The number of hydrogen-bond acceptors (Lipinski definition) is 3. The summed E-state index contributed by atoms with van der Waals surface area (Å²) in [6.07, 6.45) is 15.3. The van der Waals surface area contributed by atoms with Gasteiger partial charge in [-0.2, -0.15) is 11.8 Å². The summed E-state index contributed by atoms with van der Waals surface area (Å²) >= 11 is 3.78. The second-order valence-electron chi connectivity index (χ2n) is 7.10. The fraction of sp³-hybridized carbons (Fsp3) is 0.739. The highest BCUT2D eigenvalue weighted by molar-refractivity contribution is 7.99. The monoisotopic (exact) mass is 394 g/mol. The predicted molar refractivity (Wildman–Crippen MR) is 120 cm³/mol. The molecular formula is C23H38OS2. The van der Waals surface area contributed by atoms with Crippen molar-refractivity contribution in [2.45, 2.75) is 90.6 Å². The summed E-state index contributed by atoms with van der Waals surface area (Å²) in [6.45, 7) is 5.11. The summed E-state index contributed by atoms with van der Waals surface area (Å²) in [5, 5.41) is 2.09. The molecule has 1 aromatic rings. The van der Waals surface area contributed by atoms with Gasteiger partial charge in [0.15, 0.2) is 0 Å². The Hall–Kier alpha value is -0.430. The number of unbranched alkanes of at least 4 members (excludes halogenated alkanes) is 10. The van der Waals surface area contributed by atoms with E-state index in [9.17, 15) is 0 Å². The summed E-state index contributed by atoms with van der Waals surface area (Å²) in [5.74, 6) is 8.98. The minimum Gasteiger partial charge on any atom is -0.378 e. The fourth-order valence-corrected chi connectivity index (χ4v) is 4.19. The number of ether oxygens (including phenoxy) is 1. The van der Waals surface area contributed by atoms with Gasteiger partial charge in [0.05, 0.1) is 17.6 Å². The van der Waals surface area contributed by atoms with Crippen LogP contribution in [-0.2, 0) is 4.74 Å². The van der Waals surface area contributed by atoms with Crippen LogP contribution in [0.3, 0.4) is 0 Å². The Morgan fingerprint density at radius 1 is 0.923 bits per heavy atom. The summed E-state index contributed by atoms with van der Waals surface area (Å²) in [6, 6.07) is 4.16. The van der Waals surface area contributed by atoms with Crippen LogP contribution in [0.5, 0.6) is 0 Å². The van der Waals surface area contributed by atoms with Crippen molar-refractivity contribution in [2.75, 3.05) is 18.1 Å². The second-order valence-corrected chi connectivity index (χ2v) is 9.27. The first-order chi connectivity index (χ1) is 12.8. The third kappa shape index (κ3) is 15.8. The maximum atomic E-state index is 5.55. The molecule has 0 aromatic carbocycles. The first kappa shape index (κ1) is 23.6. The average molecular weight is 395 g/mol. The van der Waals surface area contributed by atoms with Crippen LogP contribution in [0.2, 0.25) is 0 Å². The molecule has 1 heterocycles. The van der Waals surface area contributed by atoms with Gasteiger partial charge in [0.1, 0.15) is 0 Å². The molecule has 0 saturated carbocycles. The Kier molecular flexibility index (Phi) is 16.3. The van der Waals surface area contributed by atoms with Crippen molar-refractivity contribution in [1.29, 1.82) is 0 Å². The Labute approximate surface area is 170 Å². The molecule has 0 aliphatic heterocycles. The number of thioether (sulfide) groups is 1. The Morgan fingerprint density at radius 3 is 2.19 bits per heavy atom. The van der Waals surface area contributed by atoms with Crippen molar-refractivity contribution in [1.82, 2.24) is 0 Å². The first-order valence-corrected chi connectivity index (χ1v) is 12.5. The molecule has 0 spiro atoms. The molecule has 0 radical (unpaired) electrons. The Balaban J connectivity index is 1.71. The third-order valence-corrected chi connectivity index (χ3v) is 6.07. The molecule has 0 aliphatic carbocycles. The van der Waals surface area contributed by atoms with E-state index in [0.29, 0.717) is 6.10 Å². The van der Waals surface area contributed by atoms with E-state index in [1.54, 1.807) is 11.3 Å². The van der Waals surface area contributed by atoms with Gasteiger partial charge in [0, 0.05) is 12.2 Å². The maximum Gasteiger partial charge on any atom is 0.0768 e. The number of hydrogen-bond donors (Lipinski definition) is 0. The molecule has 1 aromatic heterocycles. The van der Waals surface area contributed by atoms with Crippen molar-refractivity contribution in [3.8, 4) is 11.8 Å². The van der Waals surface area contributed by atoms with E-state index in [2.05, 4.69) is 43.2 Å². The number of rotatable bonds is 16. The van der Waals surface area contributed by atoms with Crippen molar-refractivity contribution >= 4 is 23.1 Å². The zero-order valence-corrected chi connectivity index (χ0v) is 18.6. The lowest BCUT2D eigenvalue weighted by atomic mass is 10.1. The van der Waals surface area contributed by atoms with Gasteiger partial charge in [-0.15, -0.1) is 11.3 Å². The van der Waals surface area contributed by atoms with Gasteiger partial charge < -0.3 is 4.74 Å². The van der Waals surface area contributed by atoms with Crippen LogP contribution in [0.1, 0.15) is 89.4 Å². The minimum absolute atomic E-state index is 0.376. The molecule has 26 heavy (non-hydrogen) atoms. The minimum atomic E-state index is 0.376. The van der Waals surface area contributed by atoms with E-state index in [-0.39, 0.29) is 0 Å². The molecule has 0 N–H and O–H groups in total. The lowest BCUT2D eigenvalue weighted by Gasteiger charge is -2.06. The molecule has 0 amide bonds. The molecular weight excluding hydrogens is 356 g/mol. The largest absolute Gasteiger partial charge is 0.378 e. The van der Waals surface area contributed by atoms with E-state index in [4.69, 9.17) is 4.74 Å². The molecule has 0 saturated heterocycles. The zero-order chi connectivity index (χ0) is 18.7. The predicted octanol–water partition coefficient (Wildman–Crippen LogP) is 7.55. The van der Waals surface area contributed by atoms with Crippen molar-refractivity contribution < 1.29 is 4.74 Å². The molecule has 0 bridgehead atoms. The van der Waals surface area contributed by atoms with Gasteiger partial charge in [-0.05, 0) is 43.9 Å². The van der Waals surface area contributed by atoms with Crippen LogP contribution in [0.4, 0.5) is 0 Å². The Morgan fingerprint density at radius 2 is 1.58 bits per heavy atom. The molecule has 0 unspecified atom stereocenters. The van der Waals surface area contributed by atoms with Crippen molar-refractivity contribution in [2.24, 2.45) is 0 Å². The van der Waals surface area contributed by atoms with Crippen molar-refractivity contribution in [3.05, 3.63) is 22.4 Å². The van der Waals surface area contributed by atoms with E-state index >= 15 is 0 Å². The summed E-state index contributed by atoms with van der Waals surface area (Å²) in [7, 11) is 0. The van der Waals surface area contributed by atoms with Crippen LogP contribution in [0, 0.1) is 11.8 Å². The van der Waals surface area contributed by atoms with E-state index in [1.165, 1.54) is 74.8 Å². The highest BCUT2D eigenvalue weighted by Gasteiger charge is 1.95. The Bertz CT molecular complexity index is 456. The van der Waals surface area contributed by atoms with E-state index in [1.807, 2.05) is 11.8 Å². The fourth-order valence-electron chi connectivity index (χ4n) is 2.78. The SMILES string of the molecule is CC(C)OCCSCCCCCCCCCCCCC#Cc1cccs1. The van der Waals surface area contributed by atoms with E-state index in [0.717, 1.165) is 18.8 Å². The molecule has 0 fully saturated rings. The van der Waals surface area contributed by atoms with Gasteiger partial charge in [0.2, 0.25) is 0 Å². The summed E-state index contributed by atoms with van der Waals surface area (Å²) in [4.78, 5) is 1.20. The zero-order valence-electron chi connectivity index (χ0n) is 16.9. The standard InChI is InChI=1S/C23H38OS2/c1-22(2)24-18-21-25-19-14-12-10-8-6-4-3-5-7-9-11-13-16-23-17-15-20-26-23/h15,17,20,22H,3-12,14,18-19,21H2,1-2H3. The number of thiophene rings is 1. The lowest BCUT2D eigenvalue weighted by Crippen LogP contribution is -2.05. The van der Waals surface area contributed by atoms with Gasteiger partial charge in [0.25, 0.3) is 0 Å². The van der Waals surface area contributed by atoms with Gasteiger partial charge in [-0.1, -0.05) is 69.3 Å². The molecule has 1 nitrogen and oxygen atoms in total. The van der Waals surface area contributed by atoms with Gasteiger partial charge in [-0.25, -0.2) is 0 Å². The molecule has 1 rings (SSSR count). The summed E-state index contributed by atoms with van der Waals surface area (Å²) < 4.78 is 5.55. The first-order valence-electron chi connectivity index (χ1n) is 10.5. The smallest absolute Gasteiger partial charge is 0.0768 e. The highest BCUT2D eigenvalue weighted by Crippen LogP contribution is 2.13. The normalized spacial score (nSPS) is 10.9. The van der Waals surface area contributed by atoms with Gasteiger partial charge in [-0.3, -0.25) is 0 Å². The molecule has 3 heteroatoms. The van der Waals surface area contributed by atoms with Crippen LogP contribution >= 0.6 is 23.1 Å². The van der Waals surface area contributed by atoms with Gasteiger partial charge >= 0.3 is 0 Å². The molecule has 148 valence electrons.